The second-order valence-electron chi connectivity index (χ2n) is 5.13. The predicted octanol–water partition coefficient (Wildman–Crippen LogP) is 1.83. The molecule has 1 aromatic carbocycles. The van der Waals surface area contributed by atoms with E-state index in [-0.39, 0.29) is 11.8 Å². The Morgan fingerprint density at radius 1 is 1.47 bits per heavy atom. The number of ether oxygens (including phenoxy) is 1. The average Bonchev–Trinajstić information content (AvgIpc) is 2.40. The molecule has 19 heavy (non-hydrogen) atoms. The maximum atomic E-state index is 11.7. The summed E-state index contributed by atoms with van der Waals surface area (Å²) in [7, 11) is 0. The maximum absolute atomic E-state index is 11.7. The second-order valence-corrected chi connectivity index (χ2v) is 5.13. The Balaban J connectivity index is 1.93. The van der Waals surface area contributed by atoms with Crippen LogP contribution in [0.5, 0.6) is 5.75 Å². The molecule has 1 atom stereocenters. The molecule has 3 N–H and O–H groups in total. The van der Waals surface area contributed by atoms with Crippen LogP contribution in [0.15, 0.2) is 24.3 Å². The number of rotatable bonds is 6. The first kappa shape index (κ1) is 13.9. The highest BCUT2D eigenvalue weighted by Crippen LogP contribution is 2.27. The van der Waals surface area contributed by atoms with Crippen LogP contribution in [0.3, 0.4) is 0 Å². The highest BCUT2D eigenvalue weighted by Gasteiger charge is 2.20. The van der Waals surface area contributed by atoms with Crippen molar-refractivity contribution >= 4 is 5.91 Å². The lowest BCUT2D eigenvalue weighted by atomic mass is 9.96. The molecule has 0 spiro atoms. The van der Waals surface area contributed by atoms with Crippen LogP contribution in [-0.2, 0) is 11.3 Å². The molecule has 0 radical (unpaired) electrons. The van der Waals surface area contributed by atoms with Crippen LogP contribution in [0.2, 0.25) is 0 Å². The molecule has 1 aliphatic rings. The van der Waals surface area contributed by atoms with Gasteiger partial charge >= 0.3 is 0 Å². The number of carbonyl (C=O) groups excluding carboxylic acids is 1. The molecule has 1 amide bonds. The third-order valence-electron chi connectivity index (χ3n) is 3.57. The number of carbonyl (C=O) groups is 1. The number of benzene rings is 1. The monoisotopic (exact) mass is 262 g/mol. The Hall–Kier alpha value is -1.55. The largest absolute Gasteiger partial charge is 0.490 e. The molecule has 0 saturated heterocycles. The fraction of sp³-hybridized carbons (Fsp3) is 0.533. The Morgan fingerprint density at radius 3 is 2.84 bits per heavy atom. The van der Waals surface area contributed by atoms with Crippen molar-refractivity contribution in [3.63, 3.8) is 0 Å². The minimum Gasteiger partial charge on any atom is -0.490 e. The summed E-state index contributed by atoms with van der Waals surface area (Å²) in [5.41, 5.74) is 6.50. The van der Waals surface area contributed by atoms with Gasteiger partial charge in [0.05, 0.1) is 6.10 Å². The molecule has 1 saturated carbocycles. The fourth-order valence-corrected chi connectivity index (χ4v) is 1.90. The van der Waals surface area contributed by atoms with Gasteiger partial charge in [0, 0.05) is 24.6 Å². The quantitative estimate of drug-likeness (QED) is 0.822. The summed E-state index contributed by atoms with van der Waals surface area (Å²) in [6.45, 7) is 2.68. The fourth-order valence-electron chi connectivity index (χ4n) is 1.90. The van der Waals surface area contributed by atoms with Crippen LogP contribution in [0.25, 0.3) is 0 Å². The van der Waals surface area contributed by atoms with E-state index in [1.54, 1.807) is 0 Å². The zero-order chi connectivity index (χ0) is 13.7. The molecule has 1 aromatic rings. The lowest BCUT2D eigenvalue weighted by molar-refractivity contribution is -0.124. The number of amides is 1. The topological polar surface area (TPSA) is 64.4 Å². The standard InChI is InChI=1S/C15H22N2O2/c1-11(9-16)15(18)17-10-12-5-2-3-8-14(12)19-13-6-4-7-13/h2-3,5,8,11,13H,4,6-7,9-10,16H2,1H3,(H,17,18). The van der Waals surface area contributed by atoms with E-state index in [4.69, 9.17) is 10.5 Å². The molecule has 0 aliphatic heterocycles. The number of nitrogens with two attached hydrogens (primary N) is 1. The predicted molar refractivity (Wildman–Crippen MR) is 74.8 cm³/mol. The number of hydrogen-bond donors (Lipinski definition) is 2. The first-order valence-electron chi connectivity index (χ1n) is 6.93. The summed E-state index contributed by atoms with van der Waals surface area (Å²) in [6, 6.07) is 7.87. The van der Waals surface area contributed by atoms with Gasteiger partial charge in [-0.15, -0.1) is 0 Å². The van der Waals surface area contributed by atoms with E-state index >= 15 is 0 Å². The molecule has 104 valence electrons. The number of para-hydroxylation sites is 1. The van der Waals surface area contributed by atoms with Gasteiger partial charge in [-0.2, -0.15) is 0 Å². The van der Waals surface area contributed by atoms with Gasteiger partial charge in [0.15, 0.2) is 0 Å². The lowest BCUT2D eigenvalue weighted by Gasteiger charge is -2.27. The molecule has 1 aliphatic carbocycles. The van der Waals surface area contributed by atoms with Crippen molar-refractivity contribution < 1.29 is 9.53 Å². The molecule has 0 heterocycles. The molecule has 1 unspecified atom stereocenters. The first-order valence-corrected chi connectivity index (χ1v) is 6.93. The SMILES string of the molecule is CC(CN)C(=O)NCc1ccccc1OC1CCC1. The molecule has 0 aromatic heterocycles. The van der Waals surface area contributed by atoms with Crippen LogP contribution in [-0.4, -0.2) is 18.6 Å². The number of nitrogens with one attached hydrogen (secondary N) is 1. The molecule has 2 rings (SSSR count). The molecule has 0 bridgehead atoms. The molecule has 4 nitrogen and oxygen atoms in total. The molecular weight excluding hydrogens is 240 g/mol. The molecule has 1 fully saturated rings. The van der Waals surface area contributed by atoms with Crippen molar-refractivity contribution in [2.75, 3.05) is 6.54 Å². The van der Waals surface area contributed by atoms with Gasteiger partial charge in [-0.1, -0.05) is 25.1 Å². The highest BCUT2D eigenvalue weighted by molar-refractivity contribution is 5.78. The van der Waals surface area contributed by atoms with Crippen LogP contribution in [0.1, 0.15) is 31.7 Å². The normalized spacial score (nSPS) is 16.5. The highest BCUT2D eigenvalue weighted by atomic mass is 16.5. The minimum absolute atomic E-state index is 0.0130. The van der Waals surface area contributed by atoms with E-state index < -0.39 is 0 Å². The van der Waals surface area contributed by atoms with Gasteiger partial charge in [0.1, 0.15) is 5.75 Å². The second kappa shape index (κ2) is 6.57. The van der Waals surface area contributed by atoms with Gasteiger partial charge in [-0.05, 0) is 25.3 Å². The van der Waals surface area contributed by atoms with Crippen molar-refractivity contribution in [1.29, 1.82) is 0 Å². The van der Waals surface area contributed by atoms with Crippen molar-refractivity contribution in [3.05, 3.63) is 29.8 Å². The van der Waals surface area contributed by atoms with Crippen molar-refractivity contribution in [1.82, 2.24) is 5.32 Å². The summed E-state index contributed by atoms with van der Waals surface area (Å²) in [5.74, 6) is 0.716. The van der Waals surface area contributed by atoms with E-state index in [0.717, 1.165) is 24.2 Å². The zero-order valence-electron chi connectivity index (χ0n) is 11.4. The van der Waals surface area contributed by atoms with Gasteiger partial charge in [0.2, 0.25) is 5.91 Å². The van der Waals surface area contributed by atoms with Gasteiger partial charge in [-0.25, -0.2) is 0 Å². The van der Waals surface area contributed by atoms with Gasteiger partial charge < -0.3 is 15.8 Å². The van der Waals surface area contributed by atoms with E-state index in [2.05, 4.69) is 5.32 Å². The molecule has 4 heteroatoms. The Labute approximate surface area is 114 Å². The summed E-state index contributed by atoms with van der Waals surface area (Å²) in [6.07, 6.45) is 3.85. The van der Waals surface area contributed by atoms with Crippen LogP contribution >= 0.6 is 0 Å². The molecular formula is C15H22N2O2. The summed E-state index contributed by atoms with van der Waals surface area (Å²) in [5, 5.41) is 2.90. The summed E-state index contributed by atoms with van der Waals surface area (Å²) < 4.78 is 5.92. The minimum atomic E-state index is -0.153. The van der Waals surface area contributed by atoms with Crippen LogP contribution < -0.4 is 15.8 Å². The summed E-state index contributed by atoms with van der Waals surface area (Å²) in [4.78, 5) is 11.7. The zero-order valence-corrected chi connectivity index (χ0v) is 11.4. The number of hydrogen-bond acceptors (Lipinski definition) is 3. The van der Waals surface area contributed by atoms with Gasteiger partial charge in [-0.3, -0.25) is 4.79 Å². The smallest absolute Gasteiger partial charge is 0.224 e. The van der Waals surface area contributed by atoms with Gasteiger partial charge in [0.25, 0.3) is 0 Å². The summed E-state index contributed by atoms with van der Waals surface area (Å²) >= 11 is 0. The van der Waals surface area contributed by atoms with E-state index in [9.17, 15) is 4.79 Å². The third-order valence-corrected chi connectivity index (χ3v) is 3.57. The van der Waals surface area contributed by atoms with E-state index in [1.165, 1.54) is 6.42 Å². The first-order chi connectivity index (χ1) is 9.20. The van der Waals surface area contributed by atoms with Crippen molar-refractivity contribution in [2.24, 2.45) is 11.7 Å². The van der Waals surface area contributed by atoms with E-state index in [1.807, 2.05) is 31.2 Å². The van der Waals surface area contributed by atoms with Crippen LogP contribution in [0, 0.1) is 5.92 Å². The maximum Gasteiger partial charge on any atom is 0.224 e. The Kier molecular flexibility index (Phi) is 4.80. The Bertz CT molecular complexity index is 430. The third kappa shape index (κ3) is 3.70. The van der Waals surface area contributed by atoms with Crippen LogP contribution in [0.4, 0.5) is 0 Å². The Morgan fingerprint density at radius 2 is 2.21 bits per heavy atom. The van der Waals surface area contributed by atoms with Crippen molar-refractivity contribution in [2.45, 2.75) is 38.8 Å². The van der Waals surface area contributed by atoms with Crippen molar-refractivity contribution in [3.8, 4) is 5.75 Å². The van der Waals surface area contributed by atoms with E-state index in [0.29, 0.717) is 19.2 Å². The average molecular weight is 262 g/mol. The lowest BCUT2D eigenvalue weighted by Crippen LogP contribution is -2.33.